The summed E-state index contributed by atoms with van der Waals surface area (Å²) in [6.07, 6.45) is 1.14. The van der Waals surface area contributed by atoms with E-state index in [4.69, 9.17) is 0 Å². The zero-order valence-corrected chi connectivity index (χ0v) is 10.5. The lowest BCUT2D eigenvalue weighted by molar-refractivity contribution is -0.389. The van der Waals surface area contributed by atoms with Gasteiger partial charge in [-0.15, -0.1) is 0 Å². The van der Waals surface area contributed by atoms with Gasteiger partial charge in [0.05, 0.1) is 0 Å². The number of amides is 1. The number of aromatic amines is 1. The molecule has 1 aromatic heterocycles. The van der Waals surface area contributed by atoms with Crippen molar-refractivity contribution in [3.63, 3.8) is 0 Å². The third kappa shape index (κ3) is 3.52. The van der Waals surface area contributed by atoms with Crippen molar-refractivity contribution < 1.29 is 9.72 Å². The highest BCUT2D eigenvalue weighted by Crippen LogP contribution is 2.11. The summed E-state index contributed by atoms with van der Waals surface area (Å²) in [4.78, 5) is 29.7. The van der Waals surface area contributed by atoms with E-state index in [2.05, 4.69) is 20.2 Å². The number of nitrogens with zero attached hydrogens (tertiary/aromatic N) is 3. The highest BCUT2D eigenvalue weighted by molar-refractivity contribution is 5.95. The van der Waals surface area contributed by atoms with Gasteiger partial charge in [0.25, 0.3) is 5.91 Å². The maximum atomic E-state index is 11.7. The van der Waals surface area contributed by atoms with E-state index in [1.54, 1.807) is 0 Å². The molecule has 0 saturated carbocycles. The van der Waals surface area contributed by atoms with Crippen LogP contribution in [0.1, 0.15) is 24.3 Å². The van der Waals surface area contributed by atoms with Crippen LogP contribution in [0.5, 0.6) is 0 Å². The molecule has 18 heavy (non-hydrogen) atoms. The van der Waals surface area contributed by atoms with Gasteiger partial charge in [0.15, 0.2) is 6.33 Å². The van der Waals surface area contributed by atoms with Gasteiger partial charge in [-0.2, -0.15) is 0 Å². The molecule has 8 heteroatoms. The molecule has 0 saturated heterocycles. The Morgan fingerprint density at radius 2 is 2.22 bits per heavy atom. The number of carbonyl (C=O) groups excluding carboxylic acids is 1. The molecule has 0 spiro atoms. The molecule has 0 fully saturated rings. The fourth-order valence-corrected chi connectivity index (χ4v) is 1.54. The first-order chi connectivity index (χ1) is 8.60. The predicted molar refractivity (Wildman–Crippen MR) is 65.4 cm³/mol. The third-order valence-electron chi connectivity index (χ3n) is 2.62. The summed E-state index contributed by atoms with van der Waals surface area (Å²) in [5, 5.41) is 13.2. The van der Waals surface area contributed by atoms with Crippen molar-refractivity contribution in [3.05, 3.63) is 22.1 Å². The lowest BCUT2D eigenvalue weighted by Gasteiger charge is -2.17. The Bertz CT molecular complexity index is 413. The Balaban J connectivity index is 2.50. The van der Waals surface area contributed by atoms with E-state index in [0.29, 0.717) is 13.1 Å². The number of likely N-dealkylation sites (N-methyl/N-ethyl adjacent to an activating group) is 1. The zero-order valence-electron chi connectivity index (χ0n) is 10.5. The van der Waals surface area contributed by atoms with E-state index in [-0.39, 0.29) is 11.5 Å². The summed E-state index contributed by atoms with van der Waals surface area (Å²) < 4.78 is 0. The SMILES string of the molecule is CCN(CC)CCNC(=O)c1nc[nH]c1[N+](=O)[O-]. The predicted octanol–water partition coefficient (Wildman–Crippen LogP) is 0.390. The van der Waals surface area contributed by atoms with E-state index in [9.17, 15) is 14.9 Å². The van der Waals surface area contributed by atoms with Gasteiger partial charge in [-0.05, 0) is 18.0 Å². The van der Waals surface area contributed by atoms with Gasteiger partial charge < -0.3 is 20.3 Å². The lowest BCUT2D eigenvalue weighted by atomic mass is 10.4. The quantitative estimate of drug-likeness (QED) is 0.541. The van der Waals surface area contributed by atoms with E-state index < -0.39 is 10.8 Å². The van der Waals surface area contributed by atoms with E-state index in [0.717, 1.165) is 19.4 Å². The first kappa shape index (κ1) is 14.1. The number of aromatic nitrogens is 2. The summed E-state index contributed by atoms with van der Waals surface area (Å²) in [6.45, 7) is 7.00. The summed E-state index contributed by atoms with van der Waals surface area (Å²) in [7, 11) is 0. The van der Waals surface area contributed by atoms with Crippen LogP contribution in [-0.2, 0) is 0 Å². The van der Waals surface area contributed by atoms with Gasteiger partial charge in [0.2, 0.25) is 5.69 Å². The number of nitrogens with one attached hydrogen (secondary N) is 2. The molecule has 0 aromatic carbocycles. The average Bonchev–Trinajstić information content (AvgIpc) is 2.83. The van der Waals surface area contributed by atoms with Gasteiger partial charge in [0.1, 0.15) is 0 Å². The Labute approximate surface area is 105 Å². The fourth-order valence-electron chi connectivity index (χ4n) is 1.54. The highest BCUT2D eigenvalue weighted by atomic mass is 16.6. The van der Waals surface area contributed by atoms with Crippen molar-refractivity contribution in [1.82, 2.24) is 20.2 Å². The van der Waals surface area contributed by atoms with Crippen molar-refractivity contribution in [3.8, 4) is 0 Å². The van der Waals surface area contributed by atoms with Gasteiger partial charge in [-0.25, -0.2) is 9.97 Å². The molecule has 100 valence electrons. The lowest BCUT2D eigenvalue weighted by Crippen LogP contribution is -2.35. The number of rotatable bonds is 7. The van der Waals surface area contributed by atoms with Crippen molar-refractivity contribution >= 4 is 11.7 Å². The van der Waals surface area contributed by atoms with Crippen molar-refractivity contribution in [1.29, 1.82) is 0 Å². The molecular weight excluding hydrogens is 238 g/mol. The standard InChI is InChI=1S/C10H17N5O3/c1-3-14(4-2)6-5-11-10(16)8-9(15(17)18)13-7-12-8/h7H,3-6H2,1-2H3,(H,11,16)(H,12,13). The van der Waals surface area contributed by atoms with Gasteiger partial charge >= 0.3 is 5.82 Å². The number of carbonyl (C=O) groups is 1. The van der Waals surface area contributed by atoms with Crippen LogP contribution in [0.25, 0.3) is 0 Å². The second-order valence-corrected chi connectivity index (χ2v) is 3.64. The minimum absolute atomic E-state index is 0.181. The van der Waals surface area contributed by atoms with E-state index in [1.807, 2.05) is 13.8 Å². The molecule has 1 heterocycles. The van der Waals surface area contributed by atoms with Crippen molar-refractivity contribution in [2.24, 2.45) is 0 Å². The van der Waals surface area contributed by atoms with Crippen LogP contribution in [0.3, 0.4) is 0 Å². The van der Waals surface area contributed by atoms with Crippen molar-refractivity contribution in [2.75, 3.05) is 26.2 Å². The first-order valence-electron chi connectivity index (χ1n) is 5.78. The third-order valence-corrected chi connectivity index (χ3v) is 2.62. The Morgan fingerprint density at radius 3 is 2.78 bits per heavy atom. The van der Waals surface area contributed by atoms with Crippen LogP contribution < -0.4 is 5.32 Å². The van der Waals surface area contributed by atoms with Crippen LogP contribution in [0, 0.1) is 10.1 Å². The normalized spacial score (nSPS) is 10.6. The van der Waals surface area contributed by atoms with Crippen LogP contribution in [0.2, 0.25) is 0 Å². The number of nitro groups is 1. The second-order valence-electron chi connectivity index (χ2n) is 3.64. The first-order valence-corrected chi connectivity index (χ1v) is 5.78. The fraction of sp³-hybridized carbons (Fsp3) is 0.600. The zero-order chi connectivity index (χ0) is 13.5. The molecule has 8 nitrogen and oxygen atoms in total. The largest absolute Gasteiger partial charge is 0.358 e. The molecule has 1 aromatic rings. The molecular formula is C10H17N5O3. The summed E-state index contributed by atoms with van der Waals surface area (Å²) in [6, 6.07) is 0. The molecule has 0 unspecified atom stereocenters. The average molecular weight is 255 g/mol. The number of H-pyrrole nitrogens is 1. The smallest absolute Gasteiger partial charge is 0.353 e. The molecule has 0 aliphatic rings. The summed E-state index contributed by atoms with van der Waals surface area (Å²) in [5.74, 6) is -0.912. The summed E-state index contributed by atoms with van der Waals surface area (Å²) >= 11 is 0. The van der Waals surface area contributed by atoms with Crippen molar-refractivity contribution in [2.45, 2.75) is 13.8 Å². The Morgan fingerprint density at radius 1 is 1.56 bits per heavy atom. The maximum Gasteiger partial charge on any atom is 0.353 e. The molecule has 0 aliphatic carbocycles. The molecule has 0 aliphatic heterocycles. The van der Waals surface area contributed by atoms with E-state index in [1.165, 1.54) is 0 Å². The Kier molecular flexibility index (Phi) is 5.25. The molecule has 0 bridgehead atoms. The maximum absolute atomic E-state index is 11.7. The van der Waals surface area contributed by atoms with Gasteiger partial charge in [-0.3, -0.25) is 4.79 Å². The van der Waals surface area contributed by atoms with Gasteiger partial charge in [-0.1, -0.05) is 13.8 Å². The molecule has 0 atom stereocenters. The summed E-state index contributed by atoms with van der Waals surface area (Å²) in [5.41, 5.74) is -0.181. The topological polar surface area (TPSA) is 104 Å². The molecule has 1 amide bonds. The van der Waals surface area contributed by atoms with Crippen LogP contribution in [-0.4, -0.2) is 51.9 Å². The highest BCUT2D eigenvalue weighted by Gasteiger charge is 2.21. The number of hydrogen-bond donors (Lipinski definition) is 2. The Hall–Kier alpha value is -1.96. The minimum atomic E-state index is -0.660. The monoisotopic (exact) mass is 255 g/mol. The number of imidazole rings is 1. The van der Waals surface area contributed by atoms with Gasteiger partial charge in [0, 0.05) is 13.1 Å². The van der Waals surface area contributed by atoms with Crippen LogP contribution in [0.15, 0.2) is 6.33 Å². The van der Waals surface area contributed by atoms with Crippen LogP contribution >= 0.6 is 0 Å². The number of hydrogen-bond acceptors (Lipinski definition) is 5. The second kappa shape index (κ2) is 6.70. The molecule has 0 radical (unpaired) electrons. The van der Waals surface area contributed by atoms with E-state index >= 15 is 0 Å². The molecule has 1 rings (SSSR count). The molecule has 2 N–H and O–H groups in total. The van der Waals surface area contributed by atoms with Crippen LogP contribution in [0.4, 0.5) is 5.82 Å². The minimum Gasteiger partial charge on any atom is -0.358 e.